The van der Waals surface area contributed by atoms with Gasteiger partial charge in [0, 0.05) is 24.8 Å². The summed E-state index contributed by atoms with van der Waals surface area (Å²) in [6.45, 7) is 3.24. The standard InChI is InChI=1S/C14H18FN3O2/c1-8-4-12(11(15)5-16-8)18-6-9-2-3-10(7-18)13(9)17-14(19)20/h4-5,9-10,13,17H,2-3,6-7H2,1H3,(H,19,20)/t9-,10+,13?. The molecule has 1 unspecified atom stereocenters. The van der Waals surface area contributed by atoms with Crippen LogP contribution in [0.2, 0.25) is 0 Å². The molecule has 1 aromatic heterocycles. The highest BCUT2D eigenvalue weighted by molar-refractivity contribution is 5.65. The van der Waals surface area contributed by atoms with Crippen LogP contribution in [0.15, 0.2) is 12.3 Å². The molecule has 1 aliphatic carbocycles. The van der Waals surface area contributed by atoms with Gasteiger partial charge in [0.25, 0.3) is 0 Å². The summed E-state index contributed by atoms with van der Waals surface area (Å²) in [5.74, 6) is 0.218. The zero-order valence-electron chi connectivity index (χ0n) is 11.3. The Morgan fingerprint density at radius 1 is 1.45 bits per heavy atom. The highest BCUT2D eigenvalue weighted by Gasteiger charge is 2.43. The number of aryl methyl sites for hydroxylation is 1. The number of hydrogen-bond acceptors (Lipinski definition) is 3. The lowest BCUT2D eigenvalue weighted by Gasteiger charge is -2.39. The van der Waals surface area contributed by atoms with Crippen LogP contribution in [0.3, 0.4) is 0 Å². The number of nitrogens with zero attached hydrogens (tertiary/aromatic N) is 2. The molecule has 2 bridgehead atoms. The van der Waals surface area contributed by atoms with Gasteiger partial charge in [0.05, 0.1) is 11.9 Å². The molecule has 1 amide bonds. The predicted octanol–water partition coefficient (Wildman–Crippen LogP) is 2.01. The van der Waals surface area contributed by atoms with Crippen LogP contribution in [-0.4, -0.2) is 35.3 Å². The topological polar surface area (TPSA) is 65.5 Å². The van der Waals surface area contributed by atoms with E-state index in [4.69, 9.17) is 5.11 Å². The van der Waals surface area contributed by atoms with Gasteiger partial charge in [-0.3, -0.25) is 4.98 Å². The Hall–Kier alpha value is -1.85. The van der Waals surface area contributed by atoms with E-state index in [0.29, 0.717) is 18.8 Å². The van der Waals surface area contributed by atoms with E-state index in [2.05, 4.69) is 10.3 Å². The summed E-state index contributed by atoms with van der Waals surface area (Å²) in [5, 5.41) is 11.5. The Labute approximate surface area is 116 Å². The number of piperidine rings is 1. The Morgan fingerprint density at radius 3 is 2.70 bits per heavy atom. The van der Waals surface area contributed by atoms with Crippen LogP contribution >= 0.6 is 0 Å². The summed E-state index contributed by atoms with van der Waals surface area (Å²) in [4.78, 5) is 16.8. The van der Waals surface area contributed by atoms with Gasteiger partial charge < -0.3 is 15.3 Å². The number of hydrogen-bond donors (Lipinski definition) is 2. The molecule has 3 atom stereocenters. The van der Waals surface area contributed by atoms with Crippen LogP contribution in [0, 0.1) is 24.6 Å². The molecule has 1 aromatic rings. The number of nitrogens with one attached hydrogen (secondary N) is 1. The van der Waals surface area contributed by atoms with Crippen LogP contribution in [-0.2, 0) is 0 Å². The molecule has 6 heteroatoms. The van der Waals surface area contributed by atoms with Crippen molar-refractivity contribution in [1.82, 2.24) is 10.3 Å². The molecular formula is C14H18FN3O2. The van der Waals surface area contributed by atoms with Gasteiger partial charge in [-0.2, -0.15) is 0 Å². The molecule has 2 N–H and O–H groups in total. The molecule has 1 aliphatic heterocycles. The maximum atomic E-state index is 13.9. The maximum absolute atomic E-state index is 13.9. The lowest BCUT2D eigenvalue weighted by Crippen LogP contribution is -2.52. The molecule has 0 radical (unpaired) electrons. The average Bonchev–Trinajstić information content (AvgIpc) is 2.62. The Bertz CT molecular complexity index is 523. The minimum atomic E-state index is -0.966. The first-order chi connectivity index (χ1) is 9.54. The maximum Gasteiger partial charge on any atom is 0.404 e. The zero-order valence-corrected chi connectivity index (χ0v) is 11.3. The third-order valence-electron chi connectivity index (χ3n) is 4.44. The van der Waals surface area contributed by atoms with Gasteiger partial charge in [0.1, 0.15) is 0 Å². The van der Waals surface area contributed by atoms with Crippen LogP contribution in [0.1, 0.15) is 18.5 Å². The van der Waals surface area contributed by atoms with Crippen molar-refractivity contribution >= 4 is 11.8 Å². The van der Waals surface area contributed by atoms with Crippen molar-refractivity contribution in [2.75, 3.05) is 18.0 Å². The number of amides is 1. The normalized spacial score (nSPS) is 28.5. The second-order valence-electron chi connectivity index (χ2n) is 5.75. The molecule has 2 aliphatic rings. The fraction of sp³-hybridized carbons (Fsp3) is 0.571. The number of fused-ring (bicyclic) bond motifs is 2. The van der Waals surface area contributed by atoms with Crippen molar-refractivity contribution in [3.63, 3.8) is 0 Å². The molecule has 2 fully saturated rings. The van der Waals surface area contributed by atoms with Crippen LogP contribution < -0.4 is 10.2 Å². The van der Waals surface area contributed by atoms with Crippen molar-refractivity contribution in [3.05, 3.63) is 23.8 Å². The SMILES string of the molecule is Cc1cc(N2C[C@H]3CC[C@@H](C2)C3NC(=O)O)c(F)cn1. The lowest BCUT2D eigenvalue weighted by molar-refractivity contribution is 0.178. The van der Waals surface area contributed by atoms with E-state index in [9.17, 15) is 9.18 Å². The smallest absolute Gasteiger partial charge is 0.404 e. The second-order valence-corrected chi connectivity index (χ2v) is 5.75. The fourth-order valence-electron chi connectivity index (χ4n) is 3.57. The molecule has 0 spiro atoms. The lowest BCUT2D eigenvalue weighted by atomic mass is 9.92. The van der Waals surface area contributed by atoms with E-state index in [1.165, 1.54) is 6.20 Å². The van der Waals surface area contributed by atoms with Crippen molar-refractivity contribution < 1.29 is 14.3 Å². The molecule has 108 valence electrons. The van der Waals surface area contributed by atoms with E-state index >= 15 is 0 Å². The van der Waals surface area contributed by atoms with E-state index in [1.807, 2.05) is 11.8 Å². The van der Waals surface area contributed by atoms with Crippen molar-refractivity contribution in [1.29, 1.82) is 0 Å². The van der Waals surface area contributed by atoms with Gasteiger partial charge in [0.15, 0.2) is 5.82 Å². The van der Waals surface area contributed by atoms with E-state index in [-0.39, 0.29) is 23.7 Å². The highest BCUT2D eigenvalue weighted by Crippen LogP contribution is 2.39. The third-order valence-corrected chi connectivity index (χ3v) is 4.44. The Balaban J connectivity index is 1.80. The van der Waals surface area contributed by atoms with Gasteiger partial charge in [-0.25, -0.2) is 9.18 Å². The van der Waals surface area contributed by atoms with E-state index < -0.39 is 6.09 Å². The minimum absolute atomic E-state index is 0.00902. The highest BCUT2D eigenvalue weighted by atomic mass is 19.1. The first-order valence-corrected chi connectivity index (χ1v) is 6.91. The summed E-state index contributed by atoms with van der Waals surface area (Å²) < 4.78 is 13.9. The summed E-state index contributed by atoms with van der Waals surface area (Å²) in [7, 11) is 0. The van der Waals surface area contributed by atoms with E-state index in [1.54, 1.807) is 6.07 Å². The van der Waals surface area contributed by atoms with Gasteiger partial charge in [-0.05, 0) is 37.7 Å². The third kappa shape index (κ3) is 2.30. The first kappa shape index (κ1) is 13.1. The number of halogens is 1. The second kappa shape index (κ2) is 4.92. The van der Waals surface area contributed by atoms with Gasteiger partial charge in [-0.1, -0.05) is 0 Å². The van der Waals surface area contributed by atoms with Crippen molar-refractivity contribution in [2.24, 2.45) is 11.8 Å². The Kier molecular flexibility index (Phi) is 3.23. The minimum Gasteiger partial charge on any atom is -0.465 e. The van der Waals surface area contributed by atoms with Crippen LogP contribution in [0.5, 0.6) is 0 Å². The van der Waals surface area contributed by atoms with E-state index in [0.717, 1.165) is 18.5 Å². The summed E-state index contributed by atoms with van der Waals surface area (Å²) in [6, 6.07) is 1.77. The average molecular weight is 279 g/mol. The molecule has 1 saturated carbocycles. The van der Waals surface area contributed by atoms with Gasteiger partial charge >= 0.3 is 6.09 Å². The number of rotatable bonds is 2. The molecule has 2 heterocycles. The monoisotopic (exact) mass is 279 g/mol. The zero-order chi connectivity index (χ0) is 14.3. The van der Waals surface area contributed by atoms with Gasteiger partial charge in [-0.15, -0.1) is 0 Å². The molecule has 5 nitrogen and oxygen atoms in total. The molecule has 3 rings (SSSR count). The van der Waals surface area contributed by atoms with Crippen LogP contribution in [0.4, 0.5) is 14.9 Å². The van der Waals surface area contributed by atoms with Crippen molar-refractivity contribution in [2.45, 2.75) is 25.8 Å². The van der Waals surface area contributed by atoms with Gasteiger partial charge in [0.2, 0.25) is 0 Å². The number of carbonyl (C=O) groups is 1. The molecular weight excluding hydrogens is 261 g/mol. The largest absolute Gasteiger partial charge is 0.465 e. The summed E-state index contributed by atoms with van der Waals surface area (Å²) in [5.41, 5.74) is 1.38. The molecule has 1 saturated heterocycles. The predicted molar refractivity (Wildman–Crippen MR) is 72.3 cm³/mol. The first-order valence-electron chi connectivity index (χ1n) is 6.91. The summed E-state index contributed by atoms with van der Waals surface area (Å²) >= 11 is 0. The summed E-state index contributed by atoms with van der Waals surface area (Å²) in [6.07, 6.45) is 2.29. The number of carboxylic acid groups (broad SMARTS) is 1. The number of pyridine rings is 1. The van der Waals surface area contributed by atoms with Crippen LogP contribution in [0.25, 0.3) is 0 Å². The van der Waals surface area contributed by atoms with Crippen molar-refractivity contribution in [3.8, 4) is 0 Å². The number of aromatic nitrogens is 1. The fourth-order valence-corrected chi connectivity index (χ4v) is 3.57. The Morgan fingerprint density at radius 2 is 2.10 bits per heavy atom. The quantitative estimate of drug-likeness (QED) is 0.869. The molecule has 0 aromatic carbocycles. The number of anilines is 1. The molecule has 20 heavy (non-hydrogen) atoms.